The van der Waals surface area contributed by atoms with Crippen molar-refractivity contribution in [2.45, 2.75) is 12.8 Å². The van der Waals surface area contributed by atoms with Gasteiger partial charge in [-0.25, -0.2) is 4.98 Å². The minimum absolute atomic E-state index is 0.0378. The molecule has 0 spiro atoms. The van der Waals surface area contributed by atoms with Gasteiger partial charge < -0.3 is 15.3 Å². The Morgan fingerprint density at radius 2 is 1.81 bits per heavy atom. The normalized spacial score (nSPS) is 14.3. The van der Waals surface area contributed by atoms with Crippen LogP contribution in [-0.2, 0) is 0 Å². The Balaban J connectivity index is 1.51. The van der Waals surface area contributed by atoms with Gasteiger partial charge in [-0.2, -0.15) is 0 Å². The van der Waals surface area contributed by atoms with Crippen LogP contribution in [0, 0.1) is 5.92 Å². The van der Waals surface area contributed by atoms with Gasteiger partial charge in [0.1, 0.15) is 5.69 Å². The fourth-order valence-electron chi connectivity index (χ4n) is 3.64. The zero-order valence-corrected chi connectivity index (χ0v) is 17.1. The standard InChI is InChI=1S/C24H24N4O3/c29-16-17-9-11-28(12-10-17)24(31)19-6-4-5-18(13-19)21-14-25-15-22(27-21)23(30)26-20-7-2-1-3-8-20/h1-8,13-15,17,29H,9-12,16H2,(H,26,30). The monoisotopic (exact) mass is 416 g/mol. The zero-order valence-electron chi connectivity index (χ0n) is 17.1. The van der Waals surface area contributed by atoms with Crippen molar-refractivity contribution in [3.8, 4) is 11.3 Å². The van der Waals surface area contributed by atoms with Gasteiger partial charge in [0.15, 0.2) is 0 Å². The lowest BCUT2D eigenvalue weighted by Crippen LogP contribution is -2.39. The van der Waals surface area contributed by atoms with E-state index < -0.39 is 0 Å². The van der Waals surface area contributed by atoms with E-state index >= 15 is 0 Å². The largest absolute Gasteiger partial charge is 0.396 e. The molecule has 31 heavy (non-hydrogen) atoms. The van der Waals surface area contributed by atoms with E-state index in [0.29, 0.717) is 30.0 Å². The van der Waals surface area contributed by atoms with Crippen molar-refractivity contribution in [1.29, 1.82) is 0 Å². The van der Waals surface area contributed by atoms with Gasteiger partial charge in [-0.3, -0.25) is 14.6 Å². The molecule has 0 atom stereocenters. The maximum Gasteiger partial charge on any atom is 0.275 e. The Kier molecular flexibility index (Phi) is 6.33. The predicted octanol–water partition coefficient (Wildman–Crippen LogP) is 3.24. The Hall–Kier alpha value is -3.58. The van der Waals surface area contributed by atoms with Crippen LogP contribution in [0.15, 0.2) is 67.0 Å². The zero-order chi connectivity index (χ0) is 21.6. The number of amides is 2. The molecule has 0 radical (unpaired) electrons. The van der Waals surface area contributed by atoms with Gasteiger partial charge in [0, 0.05) is 36.5 Å². The second-order valence-corrected chi connectivity index (χ2v) is 7.61. The molecule has 7 heteroatoms. The van der Waals surface area contributed by atoms with Gasteiger partial charge in [0.05, 0.1) is 18.1 Å². The third-order valence-electron chi connectivity index (χ3n) is 5.46. The Labute approximate surface area is 180 Å². The fraction of sp³-hybridized carbons (Fsp3) is 0.250. The molecular weight excluding hydrogens is 392 g/mol. The van der Waals surface area contributed by atoms with Gasteiger partial charge in [-0.1, -0.05) is 30.3 Å². The summed E-state index contributed by atoms with van der Waals surface area (Å²) in [7, 11) is 0. The van der Waals surface area contributed by atoms with Gasteiger partial charge in [-0.15, -0.1) is 0 Å². The maximum absolute atomic E-state index is 12.9. The summed E-state index contributed by atoms with van der Waals surface area (Å²) in [6, 6.07) is 16.4. The summed E-state index contributed by atoms with van der Waals surface area (Å²) < 4.78 is 0. The summed E-state index contributed by atoms with van der Waals surface area (Å²) in [5, 5.41) is 12.1. The van der Waals surface area contributed by atoms with Crippen molar-refractivity contribution in [3.05, 3.63) is 78.2 Å². The number of carbonyl (C=O) groups is 2. The summed E-state index contributed by atoms with van der Waals surface area (Å²) in [6.45, 7) is 1.46. The van der Waals surface area contributed by atoms with Crippen LogP contribution in [0.5, 0.6) is 0 Å². The van der Waals surface area contributed by atoms with Crippen LogP contribution >= 0.6 is 0 Å². The summed E-state index contributed by atoms with van der Waals surface area (Å²) in [4.78, 5) is 35.9. The Morgan fingerprint density at radius 3 is 2.55 bits per heavy atom. The predicted molar refractivity (Wildman–Crippen MR) is 118 cm³/mol. The summed E-state index contributed by atoms with van der Waals surface area (Å²) in [6.07, 6.45) is 4.62. The molecule has 2 N–H and O–H groups in total. The first-order valence-electron chi connectivity index (χ1n) is 10.3. The van der Waals surface area contributed by atoms with E-state index in [1.54, 1.807) is 36.5 Å². The summed E-state index contributed by atoms with van der Waals surface area (Å²) in [5.74, 6) is -0.112. The van der Waals surface area contributed by atoms with E-state index in [2.05, 4.69) is 15.3 Å². The van der Waals surface area contributed by atoms with Crippen LogP contribution in [0.2, 0.25) is 0 Å². The first-order chi connectivity index (χ1) is 15.1. The van der Waals surface area contributed by atoms with E-state index in [-0.39, 0.29) is 30.0 Å². The molecule has 2 aromatic carbocycles. The molecule has 7 nitrogen and oxygen atoms in total. The molecule has 1 aliphatic rings. The van der Waals surface area contributed by atoms with Gasteiger partial charge >= 0.3 is 0 Å². The molecule has 0 aliphatic carbocycles. The minimum atomic E-state index is -0.348. The molecule has 1 fully saturated rings. The van der Waals surface area contributed by atoms with Crippen molar-refractivity contribution < 1.29 is 14.7 Å². The number of nitrogens with zero attached hydrogens (tertiary/aromatic N) is 3. The number of para-hydroxylation sites is 1. The second-order valence-electron chi connectivity index (χ2n) is 7.61. The number of carbonyl (C=O) groups excluding carboxylic acids is 2. The van der Waals surface area contributed by atoms with E-state index in [4.69, 9.17) is 0 Å². The average molecular weight is 416 g/mol. The molecule has 0 bridgehead atoms. The number of likely N-dealkylation sites (tertiary alicyclic amines) is 1. The van der Waals surface area contributed by atoms with Crippen molar-refractivity contribution in [1.82, 2.24) is 14.9 Å². The SMILES string of the molecule is O=C(Nc1ccccc1)c1cncc(-c2cccc(C(=O)N3CCC(CO)CC3)c2)n1. The summed E-state index contributed by atoms with van der Waals surface area (Å²) >= 11 is 0. The highest BCUT2D eigenvalue weighted by Crippen LogP contribution is 2.22. The number of hydrogen-bond donors (Lipinski definition) is 2. The molecule has 1 saturated heterocycles. The number of hydrogen-bond acceptors (Lipinski definition) is 5. The number of nitrogens with one attached hydrogen (secondary N) is 1. The van der Waals surface area contributed by atoms with Crippen molar-refractivity contribution in [3.63, 3.8) is 0 Å². The molecule has 158 valence electrons. The molecule has 0 unspecified atom stereocenters. The molecule has 4 rings (SSSR count). The van der Waals surface area contributed by atoms with Crippen LogP contribution in [0.25, 0.3) is 11.3 Å². The number of rotatable bonds is 5. The van der Waals surface area contributed by atoms with Crippen LogP contribution in [0.4, 0.5) is 5.69 Å². The van der Waals surface area contributed by atoms with Crippen molar-refractivity contribution >= 4 is 17.5 Å². The van der Waals surface area contributed by atoms with Gasteiger partial charge in [-0.05, 0) is 43.0 Å². The van der Waals surface area contributed by atoms with Crippen molar-refractivity contribution in [2.24, 2.45) is 5.92 Å². The lowest BCUT2D eigenvalue weighted by atomic mass is 9.97. The fourth-order valence-corrected chi connectivity index (χ4v) is 3.64. The lowest BCUT2D eigenvalue weighted by Gasteiger charge is -2.31. The first-order valence-corrected chi connectivity index (χ1v) is 10.3. The van der Waals surface area contributed by atoms with Gasteiger partial charge in [0.25, 0.3) is 11.8 Å². The van der Waals surface area contributed by atoms with E-state index in [1.165, 1.54) is 6.20 Å². The third-order valence-corrected chi connectivity index (χ3v) is 5.46. The highest BCUT2D eigenvalue weighted by atomic mass is 16.3. The van der Waals surface area contributed by atoms with Crippen molar-refractivity contribution in [2.75, 3.05) is 25.0 Å². The molecule has 1 aromatic heterocycles. The summed E-state index contributed by atoms with van der Waals surface area (Å²) in [5.41, 5.74) is 2.69. The second kappa shape index (κ2) is 9.49. The van der Waals surface area contributed by atoms with Crippen LogP contribution in [0.1, 0.15) is 33.7 Å². The lowest BCUT2D eigenvalue weighted by molar-refractivity contribution is 0.0651. The Morgan fingerprint density at radius 1 is 1.03 bits per heavy atom. The molecule has 1 aliphatic heterocycles. The smallest absolute Gasteiger partial charge is 0.275 e. The van der Waals surface area contributed by atoms with E-state index in [1.807, 2.05) is 29.2 Å². The number of piperidine rings is 1. The topological polar surface area (TPSA) is 95.4 Å². The third kappa shape index (κ3) is 4.95. The van der Waals surface area contributed by atoms with Crippen LogP contribution in [-0.4, -0.2) is 51.5 Å². The molecule has 2 heterocycles. The highest BCUT2D eigenvalue weighted by Gasteiger charge is 2.23. The van der Waals surface area contributed by atoms with Crippen LogP contribution in [0.3, 0.4) is 0 Å². The number of aliphatic hydroxyl groups is 1. The Bertz CT molecular complexity index is 1060. The molecule has 2 amide bonds. The van der Waals surface area contributed by atoms with E-state index in [9.17, 15) is 14.7 Å². The molecule has 0 saturated carbocycles. The van der Waals surface area contributed by atoms with Crippen LogP contribution < -0.4 is 5.32 Å². The maximum atomic E-state index is 12.9. The molecular formula is C24H24N4O3. The minimum Gasteiger partial charge on any atom is -0.396 e. The number of anilines is 1. The average Bonchev–Trinajstić information content (AvgIpc) is 2.84. The number of aliphatic hydroxyl groups excluding tert-OH is 1. The number of aromatic nitrogens is 2. The first kappa shape index (κ1) is 20.7. The van der Waals surface area contributed by atoms with E-state index in [0.717, 1.165) is 18.4 Å². The molecule has 3 aromatic rings. The number of benzene rings is 2. The highest BCUT2D eigenvalue weighted by molar-refractivity contribution is 6.03. The van der Waals surface area contributed by atoms with Gasteiger partial charge in [0.2, 0.25) is 0 Å². The quantitative estimate of drug-likeness (QED) is 0.666.